The van der Waals surface area contributed by atoms with E-state index in [2.05, 4.69) is 11.1 Å². The molecule has 0 aliphatic rings. The third kappa shape index (κ3) is 2.34. The third-order valence-corrected chi connectivity index (χ3v) is 2.80. The topological polar surface area (TPSA) is 63.0 Å². The van der Waals surface area contributed by atoms with Crippen molar-refractivity contribution in [1.29, 1.82) is 5.26 Å². The molecule has 0 bridgehead atoms. The largest absolute Gasteiger partial charge is 0.462 e. The lowest BCUT2D eigenvalue weighted by Crippen LogP contribution is -2.09. The van der Waals surface area contributed by atoms with Gasteiger partial charge in [-0.2, -0.15) is 5.26 Å². The lowest BCUT2D eigenvalue weighted by atomic mass is 10.1. The molecule has 1 heterocycles. The molecule has 0 aliphatic carbocycles. The van der Waals surface area contributed by atoms with Crippen molar-refractivity contribution in [3.63, 3.8) is 0 Å². The zero-order chi connectivity index (χ0) is 12.1. The van der Waals surface area contributed by atoms with Gasteiger partial charge in [-0.15, -0.1) is 11.8 Å². The Bertz CT molecular complexity index is 452. The van der Waals surface area contributed by atoms with Crippen LogP contribution in [0, 0.1) is 18.3 Å². The lowest BCUT2D eigenvalue weighted by Gasteiger charge is -2.08. The number of nitrogens with zero attached hydrogens (tertiary/aromatic N) is 2. The summed E-state index contributed by atoms with van der Waals surface area (Å²) in [5.41, 5.74) is 1.43. The van der Waals surface area contributed by atoms with Crippen molar-refractivity contribution in [3.8, 4) is 6.07 Å². The van der Waals surface area contributed by atoms with E-state index in [1.807, 2.05) is 6.26 Å². The Morgan fingerprint density at radius 1 is 1.69 bits per heavy atom. The van der Waals surface area contributed by atoms with Crippen LogP contribution >= 0.6 is 11.8 Å². The fraction of sp³-hybridized carbons (Fsp3) is 0.364. The first-order valence-corrected chi connectivity index (χ1v) is 5.99. The summed E-state index contributed by atoms with van der Waals surface area (Å²) in [4.78, 5) is 15.6. The predicted molar refractivity (Wildman–Crippen MR) is 61.4 cm³/mol. The number of nitriles is 1. The number of aromatic nitrogens is 1. The van der Waals surface area contributed by atoms with E-state index >= 15 is 0 Å². The minimum absolute atomic E-state index is 0.310. The van der Waals surface area contributed by atoms with Crippen LogP contribution in [0.3, 0.4) is 0 Å². The van der Waals surface area contributed by atoms with Crippen LogP contribution in [0.2, 0.25) is 0 Å². The van der Waals surface area contributed by atoms with Gasteiger partial charge in [0.15, 0.2) is 0 Å². The third-order valence-electron chi connectivity index (χ3n) is 2.10. The highest BCUT2D eigenvalue weighted by Gasteiger charge is 2.16. The van der Waals surface area contributed by atoms with Crippen LogP contribution < -0.4 is 0 Å². The molecule has 16 heavy (non-hydrogen) atoms. The number of carbonyl (C=O) groups excluding carboxylic acids is 1. The Kier molecular flexibility index (Phi) is 4.32. The Labute approximate surface area is 98.6 Å². The molecule has 0 unspecified atom stereocenters. The van der Waals surface area contributed by atoms with Crippen molar-refractivity contribution >= 4 is 17.7 Å². The molecular weight excluding hydrogens is 224 g/mol. The smallest absolute Gasteiger partial charge is 0.340 e. The number of ether oxygens (including phenoxy) is 1. The molecule has 0 N–H and O–H groups in total. The molecular formula is C11H12N2O2S. The normalized spacial score (nSPS) is 9.62. The molecule has 0 radical (unpaired) electrons. The summed E-state index contributed by atoms with van der Waals surface area (Å²) in [7, 11) is 0. The summed E-state index contributed by atoms with van der Waals surface area (Å²) in [6.45, 7) is 3.78. The lowest BCUT2D eigenvalue weighted by molar-refractivity contribution is 0.0525. The standard InChI is InChI=1S/C11H12N2O2S/c1-4-15-11(14)9-6-13-10(16-3)8(5-12)7(9)2/h6H,4H2,1-3H3. The fourth-order valence-electron chi connectivity index (χ4n) is 1.28. The first-order valence-electron chi connectivity index (χ1n) is 4.76. The second-order valence-corrected chi connectivity index (χ2v) is 3.81. The van der Waals surface area contributed by atoms with Crippen LogP contribution in [0.4, 0.5) is 0 Å². The van der Waals surface area contributed by atoms with Gasteiger partial charge >= 0.3 is 5.97 Å². The molecule has 0 atom stereocenters. The van der Waals surface area contributed by atoms with Crippen LogP contribution in [0.1, 0.15) is 28.4 Å². The van der Waals surface area contributed by atoms with E-state index in [9.17, 15) is 4.79 Å². The van der Waals surface area contributed by atoms with Crippen LogP contribution in [0.5, 0.6) is 0 Å². The van der Waals surface area contributed by atoms with E-state index in [0.29, 0.717) is 28.3 Å². The minimum Gasteiger partial charge on any atom is -0.462 e. The molecule has 0 aromatic carbocycles. The molecule has 0 amide bonds. The number of pyridine rings is 1. The second kappa shape index (κ2) is 5.52. The van der Waals surface area contributed by atoms with Gasteiger partial charge in [0, 0.05) is 6.20 Å². The highest BCUT2D eigenvalue weighted by Crippen LogP contribution is 2.22. The van der Waals surface area contributed by atoms with E-state index < -0.39 is 5.97 Å². The van der Waals surface area contributed by atoms with Gasteiger partial charge in [-0.05, 0) is 25.7 Å². The summed E-state index contributed by atoms with van der Waals surface area (Å²) in [6, 6.07) is 2.06. The number of rotatable bonds is 3. The minimum atomic E-state index is -0.434. The summed E-state index contributed by atoms with van der Waals surface area (Å²) < 4.78 is 4.89. The van der Waals surface area contributed by atoms with Gasteiger partial charge in [0.2, 0.25) is 0 Å². The summed E-state index contributed by atoms with van der Waals surface area (Å²) in [5, 5.41) is 9.64. The highest BCUT2D eigenvalue weighted by molar-refractivity contribution is 7.98. The zero-order valence-electron chi connectivity index (χ0n) is 9.40. The summed E-state index contributed by atoms with van der Waals surface area (Å²) in [6.07, 6.45) is 3.30. The van der Waals surface area contributed by atoms with E-state index in [1.54, 1.807) is 13.8 Å². The molecule has 0 saturated carbocycles. The van der Waals surface area contributed by atoms with Gasteiger partial charge in [0.25, 0.3) is 0 Å². The maximum atomic E-state index is 11.6. The van der Waals surface area contributed by atoms with Gasteiger partial charge in [-0.25, -0.2) is 9.78 Å². The maximum absolute atomic E-state index is 11.6. The molecule has 84 valence electrons. The average Bonchev–Trinajstić information content (AvgIpc) is 2.28. The number of hydrogen-bond acceptors (Lipinski definition) is 5. The van der Waals surface area contributed by atoms with Crippen LogP contribution in [0.15, 0.2) is 11.2 Å². The Balaban J connectivity index is 3.25. The Hall–Kier alpha value is -1.54. The van der Waals surface area contributed by atoms with Crippen molar-refractivity contribution < 1.29 is 9.53 Å². The van der Waals surface area contributed by atoms with Crippen molar-refractivity contribution in [2.75, 3.05) is 12.9 Å². The molecule has 0 spiro atoms. The summed E-state index contributed by atoms with van der Waals surface area (Å²) in [5.74, 6) is -0.434. The molecule has 1 aromatic rings. The number of thioether (sulfide) groups is 1. The van der Waals surface area contributed by atoms with Crippen LogP contribution in [-0.2, 0) is 4.74 Å². The van der Waals surface area contributed by atoms with Gasteiger partial charge in [-0.1, -0.05) is 0 Å². The molecule has 1 rings (SSSR count). The fourth-order valence-corrected chi connectivity index (χ4v) is 1.84. The van der Waals surface area contributed by atoms with Crippen molar-refractivity contribution in [1.82, 2.24) is 4.98 Å². The molecule has 0 aliphatic heterocycles. The number of hydrogen-bond donors (Lipinski definition) is 0. The first kappa shape index (κ1) is 12.5. The van der Waals surface area contributed by atoms with Crippen molar-refractivity contribution in [3.05, 3.63) is 22.9 Å². The van der Waals surface area contributed by atoms with E-state index in [0.717, 1.165) is 0 Å². The first-order chi connectivity index (χ1) is 7.65. The molecule has 4 nitrogen and oxygen atoms in total. The second-order valence-electron chi connectivity index (χ2n) is 3.01. The van der Waals surface area contributed by atoms with Gasteiger partial charge in [-0.3, -0.25) is 0 Å². The molecule has 5 heteroatoms. The van der Waals surface area contributed by atoms with E-state index in [1.165, 1.54) is 18.0 Å². The quantitative estimate of drug-likeness (QED) is 0.594. The molecule has 0 saturated heterocycles. The van der Waals surface area contributed by atoms with E-state index in [4.69, 9.17) is 10.00 Å². The van der Waals surface area contributed by atoms with Crippen molar-refractivity contribution in [2.45, 2.75) is 18.9 Å². The van der Waals surface area contributed by atoms with Gasteiger partial charge in [0.1, 0.15) is 11.1 Å². The van der Waals surface area contributed by atoms with Crippen LogP contribution in [0.25, 0.3) is 0 Å². The number of esters is 1. The van der Waals surface area contributed by atoms with Crippen LogP contribution in [-0.4, -0.2) is 23.8 Å². The van der Waals surface area contributed by atoms with Crippen molar-refractivity contribution in [2.24, 2.45) is 0 Å². The number of carbonyl (C=O) groups is 1. The predicted octanol–water partition coefficient (Wildman–Crippen LogP) is 2.16. The average molecular weight is 236 g/mol. The van der Waals surface area contributed by atoms with Gasteiger partial charge < -0.3 is 4.74 Å². The molecule has 0 fully saturated rings. The maximum Gasteiger partial charge on any atom is 0.340 e. The Morgan fingerprint density at radius 2 is 2.38 bits per heavy atom. The SMILES string of the molecule is CCOC(=O)c1cnc(SC)c(C#N)c1C. The zero-order valence-corrected chi connectivity index (χ0v) is 10.2. The highest BCUT2D eigenvalue weighted by atomic mass is 32.2. The van der Waals surface area contributed by atoms with Gasteiger partial charge in [0.05, 0.1) is 17.7 Å². The Morgan fingerprint density at radius 3 is 2.88 bits per heavy atom. The monoisotopic (exact) mass is 236 g/mol. The summed E-state index contributed by atoms with van der Waals surface area (Å²) >= 11 is 1.38. The molecule has 1 aromatic heterocycles. The van der Waals surface area contributed by atoms with E-state index in [-0.39, 0.29) is 0 Å².